The van der Waals surface area contributed by atoms with E-state index in [1.54, 1.807) is 18.5 Å². The van der Waals surface area contributed by atoms with E-state index >= 15 is 8.78 Å². The molecule has 6 aliphatic rings. The van der Waals surface area contributed by atoms with E-state index in [0.29, 0.717) is 87.8 Å². The predicted molar refractivity (Wildman–Crippen MR) is 226 cm³/mol. The van der Waals surface area contributed by atoms with Crippen LogP contribution in [-0.4, -0.2) is 142 Å². The number of piperazine rings is 1. The van der Waals surface area contributed by atoms with E-state index in [9.17, 15) is 14.4 Å². The lowest BCUT2D eigenvalue weighted by atomic mass is 9.88. The number of carbonyl (C=O) groups is 3. The molecule has 16 heteroatoms. The number of ether oxygens (including phenoxy) is 1. The molecule has 1 unspecified atom stereocenters. The van der Waals surface area contributed by atoms with Gasteiger partial charge in [-0.15, -0.1) is 0 Å². The van der Waals surface area contributed by atoms with Gasteiger partial charge >= 0.3 is 0 Å². The zero-order valence-electron chi connectivity index (χ0n) is 34.8. The quantitative estimate of drug-likeness (QED) is 0.192. The van der Waals surface area contributed by atoms with Crippen LogP contribution < -0.4 is 19.9 Å². The predicted octanol–water partition coefficient (Wildman–Crippen LogP) is 5.21. The van der Waals surface area contributed by atoms with Crippen molar-refractivity contribution < 1.29 is 27.9 Å². The molecule has 14 nitrogen and oxygen atoms in total. The van der Waals surface area contributed by atoms with Gasteiger partial charge in [-0.05, 0) is 114 Å². The Bertz CT molecular complexity index is 2310. The van der Waals surface area contributed by atoms with Crippen LogP contribution in [0.25, 0.3) is 22.3 Å². The number of piperidine rings is 3. The lowest BCUT2D eigenvalue weighted by molar-refractivity contribution is -0.126. The first-order valence-corrected chi connectivity index (χ1v) is 22.1. The average molecular weight is 837 g/mol. The van der Waals surface area contributed by atoms with Gasteiger partial charge in [0.1, 0.15) is 35.2 Å². The van der Waals surface area contributed by atoms with Crippen molar-refractivity contribution in [3.05, 3.63) is 59.9 Å². The molecule has 2 aromatic heterocycles. The third-order valence-corrected chi connectivity index (χ3v) is 14.0. The minimum absolute atomic E-state index is 0.0871. The van der Waals surface area contributed by atoms with Crippen molar-refractivity contribution in [1.82, 2.24) is 40.2 Å². The van der Waals surface area contributed by atoms with E-state index in [4.69, 9.17) is 4.74 Å². The summed E-state index contributed by atoms with van der Waals surface area (Å²) < 4.78 is 37.9. The third kappa shape index (κ3) is 8.04. The molecule has 7 heterocycles. The van der Waals surface area contributed by atoms with Crippen LogP contribution >= 0.6 is 0 Å². The summed E-state index contributed by atoms with van der Waals surface area (Å²) in [4.78, 5) is 57.8. The molecule has 1 atom stereocenters. The molecular weight excluding hydrogens is 783 g/mol. The molecule has 1 saturated carbocycles. The van der Waals surface area contributed by atoms with Gasteiger partial charge in [-0.3, -0.25) is 29.3 Å². The molecule has 0 radical (unpaired) electrons. The van der Waals surface area contributed by atoms with E-state index < -0.39 is 29.7 Å². The highest BCUT2D eigenvalue weighted by Crippen LogP contribution is 2.41. The molecule has 0 spiro atoms. The number of benzene rings is 2. The molecule has 2 aromatic carbocycles. The van der Waals surface area contributed by atoms with Crippen LogP contribution in [0, 0.1) is 11.8 Å². The summed E-state index contributed by atoms with van der Waals surface area (Å²) in [7, 11) is 0. The maximum atomic E-state index is 15.8. The first-order valence-electron chi connectivity index (χ1n) is 22.1. The molecule has 61 heavy (non-hydrogen) atoms. The minimum atomic E-state index is -2.76. The second-order valence-corrected chi connectivity index (χ2v) is 18.3. The number of likely N-dealkylation sites (tertiary alicyclic amines) is 1. The summed E-state index contributed by atoms with van der Waals surface area (Å²) in [6, 6.07) is 12.6. The number of halogens is 2. The van der Waals surface area contributed by atoms with E-state index in [0.717, 1.165) is 90.5 Å². The van der Waals surface area contributed by atoms with Crippen molar-refractivity contribution in [2.24, 2.45) is 11.8 Å². The number of fused-ring (bicyclic) bond motifs is 2. The average Bonchev–Trinajstić information content (AvgIpc) is 3.75. The zero-order chi connectivity index (χ0) is 41.9. The van der Waals surface area contributed by atoms with Crippen molar-refractivity contribution in [2.75, 3.05) is 81.8 Å². The first-order chi connectivity index (χ1) is 29.5. The number of rotatable bonds is 11. The smallest absolute Gasteiger partial charge is 0.263 e. The first kappa shape index (κ1) is 39.9. The van der Waals surface area contributed by atoms with E-state index in [1.807, 2.05) is 35.2 Å². The summed E-state index contributed by atoms with van der Waals surface area (Å²) >= 11 is 0. The molecular formula is C45H54F2N10O4. The zero-order valence-corrected chi connectivity index (χ0v) is 34.8. The van der Waals surface area contributed by atoms with Crippen LogP contribution in [0.4, 0.5) is 20.3 Å². The molecule has 3 amide bonds. The maximum absolute atomic E-state index is 15.8. The fraction of sp³-hybridized carbons (Fsp3) is 0.556. The van der Waals surface area contributed by atoms with Gasteiger partial charge in [-0.2, -0.15) is 5.10 Å². The Kier molecular flexibility index (Phi) is 10.4. The molecule has 322 valence electrons. The molecule has 5 fully saturated rings. The fourth-order valence-corrected chi connectivity index (χ4v) is 10.0. The third-order valence-electron chi connectivity index (χ3n) is 14.0. The number of alkyl halides is 2. The number of carbonyl (C=O) groups excluding carboxylic acids is 3. The topological polar surface area (TPSA) is 143 Å². The van der Waals surface area contributed by atoms with Crippen molar-refractivity contribution in [1.29, 1.82) is 0 Å². The Morgan fingerprint density at radius 2 is 1.59 bits per heavy atom. The number of nitrogens with one attached hydrogen (secondary N) is 2. The van der Waals surface area contributed by atoms with Gasteiger partial charge in [0.05, 0.1) is 28.9 Å². The highest BCUT2D eigenvalue weighted by molar-refractivity contribution is 6.23. The number of nitrogens with zero attached hydrogens (tertiary/aromatic N) is 8. The normalized spacial score (nSPS) is 23.2. The Labute approximate surface area is 354 Å². The molecule has 2 N–H and O–H groups in total. The van der Waals surface area contributed by atoms with Crippen molar-refractivity contribution in [3.8, 4) is 17.1 Å². The fourth-order valence-electron chi connectivity index (χ4n) is 10.0. The van der Waals surface area contributed by atoms with Crippen molar-refractivity contribution in [3.63, 3.8) is 0 Å². The lowest BCUT2D eigenvalue weighted by Crippen LogP contribution is -2.53. The molecule has 4 aromatic rings. The number of hydrogen-bond acceptors (Lipinski definition) is 11. The SMILES string of the molecule is CC1(Oc2ccc3[nH]nc(-c4cc(N5CCN(CC(F)(F)C6CCN(CC7CCN(c8ccc9c(c8)C(=O)N(C8CCCNC8=O)C9=O)CC7)CC6)CC5)ncn4)c3c2)CC1. The summed E-state index contributed by atoms with van der Waals surface area (Å²) in [5.74, 6) is -2.42. The largest absolute Gasteiger partial charge is 0.488 e. The van der Waals surface area contributed by atoms with Gasteiger partial charge in [0.25, 0.3) is 17.7 Å². The molecule has 5 aliphatic heterocycles. The van der Waals surface area contributed by atoms with Gasteiger partial charge in [0, 0.05) is 75.4 Å². The summed E-state index contributed by atoms with van der Waals surface area (Å²) in [5.41, 5.74) is 3.87. The number of anilines is 2. The van der Waals surface area contributed by atoms with E-state index in [-0.39, 0.29) is 18.1 Å². The summed E-state index contributed by atoms with van der Waals surface area (Å²) in [5, 5.41) is 11.4. The Morgan fingerprint density at radius 1 is 0.820 bits per heavy atom. The Balaban J connectivity index is 0.674. The highest BCUT2D eigenvalue weighted by Gasteiger charge is 2.45. The van der Waals surface area contributed by atoms with Gasteiger partial charge in [0.15, 0.2) is 0 Å². The number of amides is 3. The standard InChI is InChI=1S/C45H54F2N10O4/c1-44(12-13-44)61-32-5-7-36-35(24-32)40(52-51-36)37-25-39(50-28-49-37)56-21-19-54(20-22-56)27-45(46,47)30-10-15-53(16-11-30)26-29-8-17-55(18-9-29)31-4-6-33-34(23-31)43(60)57(42(33)59)38-3-2-14-48-41(38)58/h4-7,23-25,28-30,38H,2-3,8-22,26-27H2,1H3,(H,48,58)(H,51,52). The lowest BCUT2D eigenvalue weighted by Gasteiger charge is -2.42. The van der Waals surface area contributed by atoms with Gasteiger partial charge in [-0.25, -0.2) is 18.7 Å². The van der Waals surface area contributed by atoms with Gasteiger partial charge in [0.2, 0.25) is 5.91 Å². The van der Waals surface area contributed by atoms with Crippen LogP contribution in [-0.2, 0) is 4.79 Å². The van der Waals surface area contributed by atoms with Crippen LogP contribution in [0.2, 0.25) is 0 Å². The molecule has 0 bridgehead atoms. The maximum Gasteiger partial charge on any atom is 0.263 e. The number of hydrogen-bond donors (Lipinski definition) is 2. The van der Waals surface area contributed by atoms with Crippen molar-refractivity contribution >= 4 is 40.1 Å². The van der Waals surface area contributed by atoms with Gasteiger partial charge in [-0.1, -0.05) is 0 Å². The van der Waals surface area contributed by atoms with Gasteiger partial charge < -0.3 is 24.8 Å². The van der Waals surface area contributed by atoms with Crippen LogP contribution in [0.15, 0.2) is 48.8 Å². The summed E-state index contributed by atoms with van der Waals surface area (Å²) in [6.45, 7) is 8.63. The number of imide groups is 1. The number of H-pyrrole nitrogens is 1. The van der Waals surface area contributed by atoms with E-state index in [2.05, 4.69) is 47.1 Å². The Morgan fingerprint density at radius 3 is 2.34 bits per heavy atom. The molecule has 4 saturated heterocycles. The Hall–Kier alpha value is -5.22. The van der Waals surface area contributed by atoms with Crippen LogP contribution in [0.3, 0.4) is 0 Å². The minimum Gasteiger partial charge on any atom is -0.488 e. The van der Waals surface area contributed by atoms with Crippen LogP contribution in [0.1, 0.15) is 79.0 Å². The van der Waals surface area contributed by atoms with Crippen molar-refractivity contribution in [2.45, 2.75) is 75.9 Å². The van der Waals surface area contributed by atoms with E-state index in [1.165, 1.54) is 0 Å². The second kappa shape index (κ2) is 15.9. The molecule has 1 aliphatic carbocycles. The number of aromatic nitrogens is 4. The molecule has 10 rings (SSSR count). The summed E-state index contributed by atoms with van der Waals surface area (Å²) in [6.07, 6.45) is 7.77. The highest BCUT2D eigenvalue weighted by atomic mass is 19.3. The number of aromatic amines is 1. The monoisotopic (exact) mass is 836 g/mol. The van der Waals surface area contributed by atoms with Crippen LogP contribution in [0.5, 0.6) is 5.75 Å². The second-order valence-electron chi connectivity index (χ2n) is 18.3.